The van der Waals surface area contributed by atoms with E-state index in [1.54, 1.807) is 23.4 Å². The van der Waals surface area contributed by atoms with Crippen LogP contribution in [0.5, 0.6) is 0 Å². The van der Waals surface area contributed by atoms with Gasteiger partial charge in [0, 0.05) is 41.2 Å². The van der Waals surface area contributed by atoms with E-state index in [2.05, 4.69) is 21.0 Å². The SMILES string of the molecule is CCN(CC)C(=O)c1ccc(-c2cnc3[nH]c4cnc(C#N)cc4c3c2)cc1. The monoisotopic (exact) mass is 369 g/mol. The zero-order valence-corrected chi connectivity index (χ0v) is 15.7. The summed E-state index contributed by atoms with van der Waals surface area (Å²) in [6.07, 6.45) is 3.46. The number of benzene rings is 1. The van der Waals surface area contributed by atoms with Gasteiger partial charge in [0.25, 0.3) is 5.91 Å². The van der Waals surface area contributed by atoms with Crippen LogP contribution in [0.25, 0.3) is 33.1 Å². The lowest BCUT2D eigenvalue weighted by molar-refractivity contribution is 0.0773. The van der Waals surface area contributed by atoms with Gasteiger partial charge in [0.05, 0.1) is 11.7 Å². The Hall–Kier alpha value is -3.72. The van der Waals surface area contributed by atoms with Crippen LogP contribution in [0.3, 0.4) is 0 Å². The number of carbonyl (C=O) groups excluding carboxylic acids is 1. The number of carbonyl (C=O) groups is 1. The van der Waals surface area contributed by atoms with Crippen LogP contribution in [-0.4, -0.2) is 38.8 Å². The molecule has 4 rings (SSSR count). The van der Waals surface area contributed by atoms with Crippen molar-refractivity contribution < 1.29 is 4.79 Å². The number of hydrogen-bond acceptors (Lipinski definition) is 4. The summed E-state index contributed by atoms with van der Waals surface area (Å²) in [5.41, 5.74) is 4.58. The van der Waals surface area contributed by atoms with Crippen molar-refractivity contribution in [3.05, 3.63) is 60.0 Å². The normalized spacial score (nSPS) is 10.9. The topological polar surface area (TPSA) is 85.7 Å². The summed E-state index contributed by atoms with van der Waals surface area (Å²) in [7, 11) is 0. The Bertz CT molecular complexity index is 1210. The fraction of sp³-hybridized carbons (Fsp3) is 0.182. The molecule has 0 spiro atoms. The highest BCUT2D eigenvalue weighted by Crippen LogP contribution is 2.28. The Morgan fingerprint density at radius 1 is 1.04 bits per heavy atom. The number of nitrogens with zero attached hydrogens (tertiary/aromatic N) is 4. The number of hydrogen-bond donors (Lipinski definition) is 1. The maximum absolute atomic E-state index is 12.5. The number of H-pyrrole nitrogens is 1. The molecule has 0 fully saturated rings. The van der Waals surface area contributed by atoms with Gasteiger partial charge in [0.15, 0.2) is 0 Å². The Balaban J connectivity index is 1.74. The average molecular weight is 369 g/mol. The molecule has 0 aliphatic carbocycles. The van der Waals surface area contributed by atoms with Gasteiger partial charge in [-0.1, -0.05) is 12.1 Å². The third kappa shape index (κ3) is 2.97. The fourth-order valence-corrected chi connectivity index (χ4v) is 3.39. The molecular formula is C22H19N5O. The van der Waals surface area contributed by atoms with Crippen LogP contribution in [0.15, 0.2) is 48.8 Å². The van der Waals surface area contributed by atoms with Gasteiger partial charge in [-0.3, -0.25) is 4.79 Å². The maximum atomic E-state index is 12.5. The van der Waals surface area contributed by atoms with Crippen LogP contribution in [-0.2, 0) is 0 Å². The number of fused-ring (bicyclic) bond motifs is 3. The van der Waals surface area contributed by atoms with Gasteiger partial charge in [-0.15, -0.1) is 0 Å². The molecule has 0 saturated carbocycles. The standard InChI is InChI=1S/C22H19N5O/c1-3-27(4-2)22(28)15-7-5-14(6-8-15)16-9-19-18-10-17(11-23)24-13-20(18)26-21(19)25-12-16/h5-10,12-13H,3-4H2,1-2H3,(H,25,26). The van der Waals surface area contributed by atoms with Crippen LogP contribution < -0.4 is 0 Å². The molecule has 0 saturated heterocycles. The molecule has 0 bridgehead atoms. The largest absolute Gasteiger partial charge is 0.339 e. The Kier molecular flexibility index (Phi) is 4.50. The van der Waals surface area contributed by atoms with E-state index in [0.717, 1.165) is 33.1 Å². The van der Waals surface area contributed by atoms with Crippen LogP contribution in [0.4, 0.5) is 0 Å². The second kappa shape index (κ2) is 7.12. The van der Waals surface area contributed by atoms with Crippen molar-refractivity contribution >= 4 is 27.8 Å². The highest BCUT2D eigenvalue weighted by molar-refractivity contribution is 6.07. The second-order valence-electron chi connectivity index (χ2n) is 6.53. The molecule has 0 unspecified atom stereocenters. The zero-order valence-electron chi connectivity index (χ0n) is 15.7. The van der Waals surface area contributed by atoms with E-state index in [9.17, 15) is 4.79 Å². The van der Waals surface area contributed by atoms with Gasteiger partial charge < -0.3 is 9.88 Å². The molecule has 0 aliphatic rings. The molecule has 1 N–H and O–H groups in total. The molecule has 1 amide bonds. The quantitative estimate of drug-likeness (QED) is 0.586. The lowest BCUT2D eigenvalue weighted by Crippen LogP contribution is -2.30. The van der Waals surface area contributed by atoms with E-state index in [1.165, 1.54) is 0 Å². The Morgan fingerprint density at radius 2 is 1.79 bits per heavy atom. The number of aromatic nitrogens is 3. The van der Waals surface area contributed by atoms with Gasteiger partial charge in [-0.25, -0.2) is 9.97 Å². The number of pyridine rings is 2. The van der Waals surface area contributed by atoms with Crippen LogP contribution >= 0.6 is 0 Å². The minimum absolute atomic E-state index is 0.0401. The number of rotatable bonds is 4. The van der Waals surface area contributed by atoms with E-state index in [-0.39, 0.29) is 5.91 Å². The van der Waals surface area contributed by atoms with Gasteiger partial charge in [-0.2, -0.15) is 5.26 Å². The van der Waals surface area contributed by atoms with Gasteiger partial charge in [0.1, 0.15) is 17.4 Å². The molecule has 3 heterocycles. The van der Waals surface area contributed by atoms with Gasteiger partial charge >= 0.3 is 0 Å². The van der Waals surface area contributed by atoms with Crippen LogP contribution in [0, 0.1) is 11.3 Å². The van der Waals surface area contributed by atoms with Crippen molar-refractivity contribution in [2.24, 2.45) is 0 Å². The summed E-state index contributed by atoms with van der Waals surface area (Å²) in [5.74, 6) is 0.0401. The van der Waals surface area contributed by atoms with E-state index >= 15 is 0 Å². The third-order valence-electron chi connectivity index (χ3n) is 4.97. The smallest absolute Gasteiger partial charge is 0.253 e. The lowest BCUT2D eigenvalue weighted by Gasteiger charge is -2.18. The molecule has 138 valence electrons. The van der Waals surface area contributed by atoms with Crippen molar-refractivity contribution in [2.45, 2.75) is 13.8 Å². The van der Waals surface area contributed by atoms with Crippen molar-refractivity contribution in [3.63, 3.8) is 0 Å². The number of nitriles is 1. The number of aromatic amines is 1. The summed E-state index contributed by atoms with van der Waals surface area (Å²) in [6.45, 7) is 5.34. The molecular weight excluding hydrogens is 350 g/mol. The van der Waals surface area contributed by atoms with Crippen LogP contribution in [0.2, 0.25) is 0 Å². The highest BCUT2D eigenvalue weighted by atomic mass is 16.2. The first-order valence-electron chi connectivity index (χ1n) is 9.22. The first-order chi connectivity index (χ1) is 13.6. The molecule has 3 aromatic heterocycles. The molecule has 0 aliphatic heterocycles. The average Bonchev–Trinajstić information content (AvgIpc) is 3.11. The molecule has 0 radical (unpaired) electrons. The minimum atomic E-state index is 0.0401. The minimum Gasteiger partial charge on any atom is -0.339 e. The summed E-state index contributed by atoms with van der Waals surface area (Å²) < 4.78 is 0. The van der Waals surface area contributed by atoms with Crippen LogP contribution in [0.1, 0.15) is 29.9 Å². The summed E-state index contributed by atoms with van der Waals surface area (Å²) in [6, 6.07) is 13.5. The number of nitrogens with one attached hydrogen (secondary N) is 1. The van der Waals surface area contributed by atoms with Crippen molar-refractivity contribution in [3.8, 4) is 17.2 Å². The van der Waals surface area contributed by atoms with Gasteiger partial charge in [0.2, 0.25) is 0 Å². The summed E-state index contributed by atoms with van der Waals surface area (Å²) >= 11 is 0. The van der Waals surface area contributed by atoms with E-state index in [4.69, 9.17) is 5.26 Å². The molecule has 0 atom stereocenters. The molecule has 6 heteroatoms. The first-order valence-corrected chi connectivity index (χ1v) is 9.22. The predicted octanol–water partition coefficient (Wildman–Crippen LogP) is 4.13. The van der Waals surface area contributed by atoms with Crippen molar-refractivity contribution in [1.82, 2.24) is 19.9 Å². The molecule has 6 nitrogen and oxygen atoms in total. The third-order valence-corrected chi connectivity index (χ3v) is 4.97. The predicted molar refractivity (Wildman–Crippen MR) is 109 cm³/mol. The lowest BCUT2D eigenvalue weighted by atomic mass is 10.0. The molecule has 1 aromatic carbocycles. The fourth-order valence-electron chi connectivity index (χ4n) is 3.39. The molecule has 28 heavy (non-hydrogen) atoms. The highest BCUT2D eigenvalue weighted by Gasteiger charge is 2.13. The summed E-state index contributed by atoms with van der Waals surface area (Å²) in [4.78, 5) is 26.1. The van der Waals surface area contributed by atoms with Crippen molar-refractivity contribution in [1.29, 1.82) is 5.26 Å². The van der Waals surface area contributed by atoms with Crippen molar-refractivity contribution in [2.75, 3.05) is 13.1 Å². The second-order valence-corrected chi connectivity index (χ2v) is 6.53. The maximum Gasteiger partial charge on any atom is 0.253 e. The van der Waals surface area contributed by atoms with E-state index < -0.39 is 0 Å². The Labute approximate surface area is 162 Å². The summed E-state index contributed by atoms with van der Waals surface area (Å²) in [5, 5.41) is 11.0. The number of amides is 1. The Morgan fingerprint density at radius 3 is 2.46 bits per heavy atom. The van der Waals surface area contributed by atoms with E-state index in [0.29, 0.717) is 24.3 Å². The first kappa shape index (κ1) is 17.7. The molecule has 4 aromatic rings. The van der Waals surface area contributed by atoms with E-state index in [1.807, 2.05) is 44.2 Å². The zero-order chi connectivity index (χ0) is 19.7. The van der Waals surface area contributed by atoms with Gasteiger partial charge in [-0.05, 0) is 43.7 Å².